The fraction of sp³-hybridized carbons (Fsp3) is 0. The highest BCUT2D eigenvalue weighted by atomic mass is 16.3. The largest absolute Gasteiger partial charge is 0.456 e. The molecule has 4 heteroatoms. The maximum Gasteiger partial charge on any atom is 0.227 e. The molecule has 0 aliphatic rings. The lowest BCUT2D eigenvalue weighted by Crippen LogP contribution is -2.09. The van der Waals surface area contributed by atoms with Crippen molar-refractivity contribution in [1.29, 1.82) is 0 Å². The number of anilines is 3. The Bertz CT molecular complexity index is 3190. The van der Waals surface area contributed by atoms with E-state index in [1.54, 1.807) is 0 Å². The Kier molecular flexibility index (Phi) is 7.14. The number of oxazole rings is 1. The van der Waals surface area contributed by atoms with E-state index in [9.17, 15) is 0 Å². The van der Waals surface area contributed by atoms with Gasteiger partial charge in [0.15, 0.2) is 5.58 Å². The fourth-order valence-electron chi connectivity index (χ4n) is 8.15. The summed E-state index contributed by atoms with van der Waals surface area (Å²) in [6.07, 6.45) is 0. The summed E-state index contributed by atoms with van der Waals surface area (Å²) >= 11 is 0. The van der Waals surface area contributed by atoms with E-state index in [4.69, 9.17) is 13.8 Å². The van der Waals surface area contributed by atoms with Crippen molar-refractivity contribution >= 4 is 71.6 Å². The van der Waals surface area contributed by atoms with E-state index < -0.39 is 0 Å². The second-order valence-electron chi connectivity index (χ2n) is 13.9. The van der Waals surface area contributed by atoms with Gasteiger partial charge < -0.3 is 13.7 Å². The lowest BCUT2D eigenvalue weighted by atomic mass is 9.92. The Morgan fingerprint density at radius 1 is 0.382 bits per heavy atom. The Morgan fingerprint density at radius 2 is 1.02 bits per heavy atom. The molecule has 0 spiro atoms. The van der Waals surface area contributed by atoms with Gasteiger partial charge in [0.05, 0.1) is 0 Å². The maximum absolute atomic E-state index is 6.67. The minimum absolute atomic E-state index is 0.611. The molecule has 0 aliphatic carbocycles. The predicted octanol–water partition coefficient (Wildman–Crippen LogP) is 14.5. The molecule has 258 valence electrons. The molecule has 2 heterocycles. The van der Waals surface area contributed by atoms with Crippen LogP contribution in [0.4, 0.5) is 17.1 Å². The van der Waals surface area contributed by atoms with Crippen LogP contribution in [-0.2, 0) is 0 Å². The lowest BCUT2D eigenvalue weighted by molar-refractivity contribution is 0.623. The van der Waals surface area contributed by atoms with Gasteiger partial charge in [0.25, 0.3) is 0 Å². The van der Waals surface area contributed by atoms with Crippen LogP contribution >= 0.6 is 0 Å². The normalized spacial score (nSPS) is 11.6. The van der Waals surface area contributed by atoms with Gasteiger partial charge in [-0.1, -0.05) is 121 Å². The fourth-order valence-corrected chi connectivity index (χ4v) is 8.15. The van der Waals surface area contributed by atoms with E-state index in [1.807, 2.05) is 30.3 Å². The van der Waals surface area contributed by atoms with Crippen molar-refractivity contribution in [2.45, 2.75) is 0 Å². The third kappa shape index (κ3) is 5.19. The monoisotopic (exact) mass is 704 g/mol. The Labute approximate surface area is 317 Å². The summed E-state index contributed by atoms with van der Waals surface area (Å²) in [6, 6.07) is 67.9. The van der Waals surface area contributed by atoms with Gasteiger partial charge in [-0.15, -0.1) is 0 Å². The first kappa shape index (κ1) is 31.1. The number of furan rings is 1. The van der Waals surface area contributed by atoms with Crippen LogP contribution in [-0.4, -0.2) is 4.98 Å². The van der Waals surface area contributed by atoms with Crippen molar-refractivity contribution in [1.82, 2.24) is 4.98 Å². The topological polar surface area (TPSA) is 42.4 Å². The zero-order valence-electron chi connectivity index (χ0n) is 29.7. The molecule has 0 amide bonds. The molecule has 11 aromatic rings. The first-order chi connectivity index (χ1) is 27.3. The van der Waals surface area contributed by atoms with Gasteiger partial charge in [0, 0.05) is 44.9 Å². The number of fused-ring (bicyclic) bond motifs is 8. The quantitative estimate of drug-likeness (QED) is 0.162. The summed E-state index contributed by atoms with van der Waals surface area (Å²) in [6.45, 7) is 0. The van der Waals surface area contributed by atoms with Gasteiger partial charge in [0.1, 0.15) is 16.7 Å². The highest BCUT2D eigenvalue weighted by molar-refractivity contribution is 6.22. The van der Waals surface area contributed by atoms with Crippen LogP contribution in [0.5, 0.6) is 0 Å². The highest BCUT2D eigenvalue weighted by Gasteiger charge is 2.21. The van der Waals surface area contributed by atoms with E-state index in [2.05, 4.69) is 169 Å². The molecule has 0 bridgehead atoms. The molecular weight excluding hydrogens is 673 g/mol. The Morgan fingerprint density at radius 3 is 1.75 bits per heavy atom. The molecule has 55 heavy (non-hydrogen) atoms. The molecule has 0 fully saturated rings. The van der Waals surface area contributed by atoms with Gasteiger partial charge in [-0.25, -0.2) is 4.98 Å². The number of rotatable bonds is 6. The highest BCUT2D eigenvalue weighted by Crippen LogP contribution is 2.45. The molecule has 0 saturated carbocycles. The summed E-state index contributed by atoms with van der Waals surface area (Å²) in [4.78, 5) is 7.26. The molecule has 0 aliphatic heterocycles. The van der Waals surface area contributed by atoms with Gasteiger partial charge in [-0.05, 0) is 105 Å². The molecule has 0 atom stereocenters. The number of nitrogens with zero attached hydrogens (tertiary/aromatic N) is 2. The van der Waals surface area contributed by atoms with E-state index in [0.717, 1.165) is 88.3 Å². The summed E-state index contributed by atoms with van der Waals surface area (Å²) in [5.74, 6) is 0.611. The smallest absolute Gasteiger partial charge is 0.227 e. The summed E-state index contributed by atoms with van der Waals surface area (Å²) in [7, 11) is 0. The lowest BCUT2D eigenvalue weighted by Gasteiger charge is -2.26. The molecule has 0 saturated heterocycles. The average Bonchev–Trinajstić information content (AvgIpc) is 3.87. The second kappa shape index (κ2) is 12.6. The average molecular weight is 705 g/mol. The minimum Gasteiger partial charge on any atom is -0.456 e. The van der Waals surface area contributed by atoms with E-state index in [1.165, 1.54) is 11.1 Å². The third-order valence-corrected chi connectivity index (χ3v) is 10.7. The second-order valence-corrected chi connectivity index (χ2v) is 13.9. The SMILES string of the molecule is c1ccc(-c2nc3ccc4cc(-c5ccccc5)c5ccc(N(c6ccccc6)c6ccc7c(c6)oc6cccc(-c8ccccc8)c67)cc5c4c3o2)cc1. The van der Waals surface area contributed by atoms with Crippen LogP contribution in [0.15, 0.2) is 203 Å². The maximum atomic E-state index is 6.67. The van der Waals surface area contributed by atoms with Crippen LogP contribution in [0.25, 0.3) is 88.3 Å². The van der Waals surface area contributed by atoms with Crippen molar-refractivity contribution in [3.63, 3.8) is 0 Å². The molecule has 4 nitrogen and oxygen atoms in total. The van der Waals surface area contributed by atoms with Gasteiger partial charge in [-0.3, -0.25) is 0 Å². The van der Waals surface area contributed by atoms with E-state index in [-0.39, 0.29) is 0 Å². The standard InChI is InChI=1S/C51H32N2O2/c1-5-14-33(15-6-1)40-22-13-23-46-49(40)42-28-26-39(32-47(42)54-46)53(37-20-11-4-12-21-37)38-25-27-41-43(34-16-7-2-8-17-34)30-36-24-29-45-50(48(36)44(41)31-38)55-51(52-45)35-18-9-3-10-19-35/h1-32H. The first-order valence-electron chi connectivity index (χ1n) is 18.5. The first-order valence-corrected chi connectivity index (χ1v) is 18.5. The van der Waals surface area contributed by atoms with Crippen LogP contribution in [0.1, 0.15) is 0 Å². The molecule has 0 unspecified atom stereocenters. The van der Waals surface area contributed by atoms with E-state index in [0.29, 0.717) is 5.89 Å². The molecule has 0 N–H and O–H groups in total. The molecule has 11 rings (SSSR count). The van der Waals surface area contributed by atoms with Crippen LogP contribution < -0.4 is 4.90 Å². The molecule has 0 radical (unpaired) electrons. The van der Waals surface area contributed by atoms with Crippen molar-refractivity contribution in [2.75, 3.05) is 4.90 Å². The van der Waals surface area contributed by atoms with Crippen molar-refractivity contribution < 1.29 is 8.83 Å². The molecule has 2 aromatic heterocycles. The Hall–Kier alpha value is -7.43. The minimum atomic E-state index is 0.611. The summed E-state index contributed by atoms with van der Waals surface area (Å²) in [5, 5.41) is 6.58. The van der Waals surface area contributed by atoms with Crippen molar-refractivity contribution in [2.24, 2.45) is 0 Å². The van der Waals surface area contributed by atoms with E-state index >= 15 is 0 Å². The van der Waals surface area contributed by atoms with Gasteiger partial charge in [-0.2, -0.15) is 0 Å². The zero-order chi connectivity index (χ0) is 36.3. The number of hydrogen-bond donors (Lipinski definition) is 0. The van der Waals surface area contributed by atoms with Gasteiger partial charge in [0.2, 0.25) is 5.89 Å². The number of hydrogen-bond acceptors (Lipinski definition) is 4. The zero-order valence-corrected chi connectivity index (χ0v) is 29.7. The predicted molar refractivity (Wildman–Crippen MR) is 227 cm³/mol. The molecular formula is C51H32N2O2. The number of benzene rings is 9. The third-order valence-electron chi connectivity index (χ3n) is 10.7. The van der Waals surface area contributed by atoms with Crippen LogP contribution in [0, 0.1) is 0 Å². The van der Waals surface area contributed by atoms with Crippen LogP contribution in [0.3, 0.4) is 0 Å². The van der Waals surface area contributed by atoms with Gasteiger partial charge >= 0.3 is 0 Å². The summed E-state index contributed by atoms with van der Waals surface area (Å²) in [5.41, 5.74) is 12.0. The molecule has 9 aromatic carbocycles. The number of para-hydroxylation sites is 1. The summed E-state index contributed by atoms with van der Waals surface area (Å²) < 4.78 is 13.3. The van der Waals surface area contributed by atoms with Crippen molar-refractivity contribution in [3.8, 4) is 33.7 Å². The van der Waals surface area contributed by atoms with Crippen LogP contribution in [0.2, 0.25) is 0 Å². The van der Waals surface area contributed by atoms with Crippen molar-refractivity contribution in [3.05, 3.63) is 194 Å². The number of aromatic nitrogens is 1. The Balaban J connectivity index is 1.16.